The van der Waals surface area contributed by atoms with Crippen LogP contribution in [0.2, 0.25) is 0 Å². The van der Waals surface area contributed by atoms with Crippen molar-refractivity contribution in [3.8, 4) is 12.3 Å². The van der Waals surface area contributed by atoms with E-state index in [1.807, 2.05) is 0 Å². The number of rotatable bonds is 3. The SMILES string of the molecule is C#CCNc1cc(C)c(F)cc1[N+](=O)[O-]. The molecule has 1 aromatic rings. The Bertz CT molecular complexity index is 438. The summed E-state index contributed by atoms with van der Waals surface area (Å²) in [6, 6.07) is 2.25. The summed E-state index contributed by atoms with van der Waals surface area (Å²) in [4.78, 5) is 9.94. The summed E-state index contributed by atoms with van der Waals surface area (Å²) in [7, 11) is 0. The maximum absolute atomic E-state index is 13.1. The number of benzene rings is 1. The molecule has 0 aliphatic heterocycles. The smallest absolute Gasteiger partial charge is 0.295 e. The summed E-state index contributed by atoms with van der Waals surface area (Å²) in [5.74, 6) is 1.69. The predicted molar refractivity (Wildman–Crippen MR) is 55.1 cm³/mol. The van der Waals surface area contributed by atoms with Crippen molar-refractivity contribution in [2.24, 2.45) is 0 Å². The Morgan fingerprint density at radius 1 is 1.67 bits per heavy atom. The average Bonchev–Trinajstić information content (AvgIpc) is 2.19. The third-order valence-corrected chi connectivity index (χ3v) is 1.85. The van der Waals surface area contributed by atoms with Gasteiger partial charge in [-0.15, -0.1) is 6.42 Å². The second-order valence-electron chi connectivity index (χ2n) is 2.93. The highest BCUT2D eigenvalue weighted by Gasteiger charge is 2.16. The van der Waals surface area contributed by atoms with E-state index in [4.69, 9.17) is 6.42 Å². The Morgan fingerprint density at radius 3 is 2.87 bits per heavy atom. The fraction of sp³-hybridized carbons (Fsp3) is 0.200. The van der Waals surface area contributed by atoms with Crippen LogP contribution in [0.25, 0.3) is 0 Å². The molecular weight excluding hydrogens is 199 g/mol. The number of anilines is 1. The van der Waals surface area contributed by atoms with Gasteiger partial charge in [0.15, 0.2) is 0 Å². The number of hydrogen-bond acceptors (Lipinski definition) is 3. The van der Waals surface area contributed by atoms with Crippen LogP contribution in [0.15, 0.2) is 12.1 Å². The molecule has 5 heteroatoms. The summed E-state index contributed by atoms with van der Waals surface area (Å²) < 4.78 is 13.1. The highest BCUT2D eigenvalue weighted by Crippen LogP contribution is 2.27. The normalized spacial score (nSPS) is 9.40. The van der Waals surface area contributed by atoms with Crippen molar-refractivity contribution < 1.29 is 9.31 Å². The van der Waals surface area contributed by atoms with Gasteiger partial charge in [0, 0.05) is 0 Å². The van der Waals surface area contributed by atoms with E-state index in [-0.39, 0.29) is 17.9 Å². The van der Waals surface area contributed by atoms with Gasteiger partial charge in [-0.3, -0.25) is 10.1 Å². The second kappa shape index (κ2) is 4.42. The zero-order chi connectivity index (χ0) is 11.4. The van der Waals surface area contributed by atoms with Crippen molar-refractivity contribution in [1.29, 1.82) is 0 Å². The third kappa shape index (κ3) is 2.44. The standard InChI is InChI=1S/C10H9FN2O2/c1-3-4-12-9-5-7(2)8(11)6-10(9)13(14)15/h1,5-6,12H,4H2,2H3. The zero-order valence-electron chi connectivity index (χ0n) is 8.08. The Hall–Kier alpha value is -2.09. The quantitative estimate of drug-likeness (QED) is 0.470. The molecule has 0 unspecified atom stereocenters. The van der Waals surface area contributed by atoms with E-state index in [0.717, 1.165) is 6.07 Å². The van der Waals surface area contributed by atoms with Gasteiger partial charge in [-0.1, -0.05) is 5.92 Å². The molecule has 1 N–H and O–H groups in total. The molecule has 0 saturated heterocycles. The summed E-state index contributed by atoms with van der Waals surface area (Å²) >= 11 is 0. The molecule has 78 valence electrons. The molecule has 0 amide bonds. The minimum atomic E-state index is -0.651. The average molecular weight is 208 g/mol. The first-order valence-corrected chi connectivity index (χ1v) is 4.18. The van der Waals surface area contributed by atoms with E-state index in [1.54, 1.807) is 0 Å². The molecule has 0 aliphatic carbocycles. The van der Waals surface area contributed by atoms with Crippen LogP contribution in [0.1, 0.15) is 5.56 Å². The number of nitro groups is 1. The van der Waals surface area contributed by atoms with E-state index in [9.17, 15) is 14.5 Å². The molecule has 15 heavy (non-hydrogen) atoms. The highest BCUT2D eigenvalue weighted by molar-refractivity contribution is 5.63. The molecule has 0 aliphatic rings. The fourth-order valence-corrected chi connectivity index (χ4v) is 1.11. The Kier molecular flexibility index (Phi) is 3.24. The van der Waals surface area contributed by atoms with Crippen LogP contribution < -0.4 is 5.32 Å². The summed E-state index contributed by atoms with van der Waals surface area (Å²) in [5.41, 5.74) is 0.255. The van der Waals surface area contributed by atoms with Crippen LogP contribution >= 0.6 is 0 Å². The van der Waals surface area contributed by atoms with Crippen LogP contribution in [0.3, 0.4) is 0 Å². The lowest BCUT2D eigenvalue weighted by Gasteiger charge is -2.05. The molecule has 1 rings (SSSR count). The summed E-state index contributed by atoms with van der Waals surface area (Å²) in [5, 5.41) is 13.3. The molecule has 0 saturated carbocycles. The minimum absolute atomic E-state index is 0.159. The second-order valence-corrected chi connectivity index (χ2v) is 2.93. The molecule has 0 atom stereocenters. The topological polar surface area (TPSA) is 55.2 Å². The maximum Gasteiger partial charge on any atom is 0.295 e. The molecule has 1 aromatic carbocycles. The first-order valence-electron chi connectivity index (χ1n) is 4.18. The van der Waals surface area contributed by atoms with Gasteiger partial charge in [-0.05, 0) is 18.6 Å². The zero-order valence-corrected chi connectivity index (χ0v) is 8.08. The van der Waals surface area contributed by atoms with Crippen molar-refractivity contribution in [3.05, 3.63) is 33.6 Å². The largest absolute Gasteiger partial charge is 0.369 e. The van der Waals surface area contributed by atoms with E-state index in [1.165, 1.54) is 13.0 Å². The molecular formula is C10H9FN2O2. The first-order chi connectivity index (χ1) is 7.06. The van der Waals surface area contributed by atoms with E-state index >= 15 is 0 Å². The number of aryl methyl sites for hydroxylation is 1. The molecule has 0 heterocycles. The van der Waals surface area contributed by atoms with Crippen LogP contribution in [-0.2, 0) is 0 Å². The number of nitrogens with zero attached hydrogens (tertiary/aromatic N) is 1. The van der Waals surface area contributed by atoms with Gasteiger partial charge in [0.05, 0.1) is 17.5 Å². The highest BCUT2D eigenvalue weighted by atomic mass is 19.1. The van der Waals surface area contributed by atoms with Gasteiger partial charge in [0.1, 0.15) is 11.5 Å². The number of hydrogen-bond donors (Lipinski definition) is 1. The molecule has 0 aromatic heterocycles. The molecule has 0 fully saturated rings. The minimum Gasteiger partial charge on any atom is -0.369 e. The lowest BCUT2D eigenvalue weighted by atomic mass is 10.2. The molecule has 0 radical (unpaired) electrons. The van der Waals surface area contributed by atoms with Gasteiger partial charge in [0.2, 0.25) is 0 Å². The van der Waals surface area contributed by atoms with Crippen LogP contribution in [0.5, 0.6) is 0 Å². The monoisotopic (exact) mass is 208 g/mol. The van der Waals surface area contributed by atoms with Gasteiger partial charge >= 0.3 is 0 Å². The van der Waals surface area contributed by atoms with Crippen molar-refractivity contribution in [1.82, 2.24) is 0 Å². The fourth-order valence-electron chi connectivity index (χ4n) is 1.11. The van der Waals surface area contributed by atoms with Gasteiger partial charge < -0.3 is 5.32 Å². The van der Waals surface area contributed by atoms with E-state index in [0.29, 0.717) is 5.56 Å². The van der Waals surface area contributed by atoms with Crippen molar-refractivity contribution in [2.75, 3.05) is 11.9 Å². The molecule has 4 nitrogen and oxygen atoms in total. The number of terminal acetylenes is 1. The van der Waals surface area contributed by atoms with Gasteiger partial charge in [-0.2, -0.15) is 0 Å². The Balaban J connectivity index is 3.17. The molecule has 0 bridgehead atoms. The lowest BCUT2D eigenvalue weighted by Crippen LogP contribution is -2.03. The Morgan fingerprint density at radius 2 is 2.33 bits per heavy atom. The third-order valence-electron chi connectivity index (χ3n) is 1.85. The number of nitrogens with one attached hydrogen (secondary N) is 1. The maximum atomic E-state index is 13.1. The van der Waals surface area contributed by atoms with E-state index in [2.05, 4.69) is 11.2 Å². The van der Waals surface area contributed by atoms with Gasteiger partial charge in [-0.25, -0.2) is 4.39 Å². The summed E-state index contributed by atoms with van der Waals surface area (Å²) in [6.45, 7) is 1.69. The van der Waals surface area contributed by atoms with Crippen LogP contribution in [0, 0.1) is 35.2 Å². The van der Waals surface area contributed by atoms with Crippen molar-refractivity contribution >= 4 is 11.4 Å². The van der Waals surface area contributed by atoms with E-state index < -0.39 is 10.7 Å². The van der Waals surface area contributed by atoms with Crippen LogP contribution in [-0.4, -0.2) is 11.5 Å². The predicted octanol–water partition coefficient (Wildman–Crippen LogP) is 2.09. The Labute approximate surface area is 86.3 Å². The number of halogens is 1. The van der Waals surface area contributed by atoms with Crippen LogP contribution in [0.4, 0.5) is 15.8 Å². The summed E-state index contributed by atoms with van der Waals surface area (Å²) in [6.07, 6.45) is 5.01. The lowest BCUT2D eigenvalue weighted by molar-refractivity contribution is -0.384. The number of nitro benzene ring substituents is 1. The first kappa shape index (κ1) is 11.0. The van der Waals surface area contributed by atoms with Crippen molar-refractivity contribution in [3.63, 3.8) is 0 Å². The molecule has 0 spiro atoms. The van der Waals surface area contributed by atoms with Gasteiger partial charge in [0.25, 0.3) is 5.69 Å². The van der Waals surface area contributed by atoms with Crippen molar-refractivity contribution in [2.45, 2.75) is 6.92 Å².